The Balaban J connectivity index is 2.38. The molecule has 1 aromatic rings. The van der Waals surface area contributed by atoms with Crippen LogP contribution in [-0.2, 0) is 17.6 Å². The summed E-state index contributed by atoms with van der Waals surface area (Å²) in [5.74, 6) is 0.370. The fourth-order valence-corrected chi connectivity index (χ4v) is 2.66. The van der Waals surface area contributed by atoms with Gasteiger partial charge in [-0.15, -0.1) is 0 Å². The first-order valence-corrected chi connectivity index (χ1v) is 5.96. The molecular formula is C12H13BrO2. The van der Waals surface area contributed by atoms with Crippen molar-refractivity contribution in [2.24, 2.45) is 0 Å². The first-order chi connectivity index (χ1) is 7.18. The van der Waals surface area contributed by atoms with Crippen molar-refractivity contribution in [3.8, 4) is 5.75 Å². The van der Waals surface area contributed by atoms with Gasteiger partial charge in [0.2, 0.25) is 0 Å². The van der Waals surface area contributed by atoms with E-state index in [2.05, 4.69) is 22.0 Å². The summed E-state index contributed by atoms with van der Waals surface area (Å²) in [7, 11) is 0. The molecule has 0 saturated carbocycles. The molecule has 0 aromatic heterocycles. The highest BCUT2D eigenvalue weighted by atomic mass is 79.9. The summed E-state index contributed by atoms with van der Waals surface area (Å²) < 4.78 is 6.08. The number of carbonyl (C=O) groups excluding carboxylic acids is 1. The number of aryl methyl sites for hydroxylation is 1. The number of hydrogen-bond acceptors (Lipinski definition) is 2. The molecule has 0 heterocycles. The largest absolute Gasteiger partial charge is 0.426 e. The van der Waals surface area contributed by atoms with E-state index >= 15 is 0 Å². The van der Waals surface area contributed by atoms with Gasteiger partial charge in [-0.1, -0.05) is 6.07 Å². The van der Waals surface area contributed by atoms with E-state index in [1.807, 2.05) is 6.07 Å². The molecule has 0 N–H and O–H groups in total. The molecule has 80 valence electrons. The van der Waals surface area contributed by atoms with Gasteiger partial charge < -0.3 is 4.74 Å². The van der Waals surface area contributed by atoms with Gasteiger partial charge in [0.15, 0.2) is 0 Å². The maximum atomic E-state index is 10.9. The lowest BCUT2D eigenvalue weighted by Gasteiger charge is -2.18. The highest BCUT2D eigenvalue weighted by Gasteiger charge is 2.16. The SMILES string of the molecule is CC(=O)Oc1ccc2c(c1Br)CCCC2. The molecule has 0 unspecified atom stereocenters. The highest BCUT2D eigenvalue weighted by molar-refractivity contribution is 9.10. The normalized spacial score (nSPS) is 14.5. The number of rotatable bonds is 1. The number of halogens is 1. The van der Waals surface area contributed by atoms with Gasteiger partial charge in [0, 0.05) is 6.92 Å². The van der Waals surface area contributed by atoms with Crippen LogP contribution in [0.15, 0.2) is 16.6 Å². The molecule has 1 aliphatic carbocycles. The molecule has 0 atom stereocenters. The second-order valence-electron chi connectivity index (χ2n) is 3.82. The summed E-state index contributed by atoms with van der Waals surface area (Å²) >= 11 is 3.52. The smallest absolute Gasteiger partial charge is 0.308 e. The van der Waals surface area contributed by atoms with Crippen LogP contribution < -0.4 is 4.74 Å². The fraction of sp³-hybridized carbons (Fsp3) is 0.417. The topological polar surface area (TPSA) is 26.3 Å². The third kappa shape index (κ3) is 2.23. The molecule has 0 spiro atoms. The number of ether oxygens (including phenoxy) is 1. The van der Waals surface area contributed by atoms with Crippen LogP contribution >= 0.6 is 15.9 Å². The molecule has 0 aliphatic heterocycles. The quantitative estimate of drug-likeness (QED) is 0.577. The summed E-state index contributed by atoms with van der Waals surface area (Å²) in [6.07, 6.45) is 4.68. The van der Waals surface area contributed by atoms with E-state index in [9.17, 15) is 4.79 Å². The molecule has 1 aliphatic rings. The van der Waals surface area contributed by atoms with Crippen molar-refractivity contribution in [3.05, 3.63) is 27.7 Å². The summed E-state index contributed by atoms with van der Waals surface area (Å²) in [6, 6.07) is 3.94. The lowest BCUT2D eigenvalue weighted by atomic mass is 9.92. The Kier molecular flexibility index (Phi) is 3.10. The zero-order valence-electron chi connectivity index (χ0n) is 8.68. The van der Waals surface area contributed by atoms with Crippen LogP contribution in [0.4, 0.5) is 0 Å². The van der Waals surface area contributed by atoms with Gasteiger partial charge >= 0.3 is 5.97 Å². The van der Waals surface area contributed by atoms with Crippen molar-refractivity contribution >= 4 is 21.9 Å². The van der Waals surface area contributed by atoms with Gasteiger partial charge in [-0.05, 0) is 58.8 Å². The van der Waals surface area contributed by atoms with E-state index in [0.717, 1.165) is 17.3 Å². The Hall–Kier alpha value is -0.830. The summed E-state index contributed by atoms with van der Waals surface area (Å²) in [6.45, 7) is 1.42. The van der Waals surface area contributed by atoms with Gasteiger partial charge in [-0.25, -0.2) is 0 Å². The number of hydrogen-bond donors (Lipinski definition) is 0. The summed E-state index contributed by atoms with van der Waals surface area (Å²) in [4.78, 5) is 10.9. The fourth-order valence-electron chi connectivity index (χ4n) is 2.00. The van der Waals surface area contributed by atoms with Crippen molar-refractivity contribution in [2.75, 3.05) is 0 Å². The molecule has 0 bridgehead atoms. The molecule has 0 saturated heterocycles. The van der Waals surface area contributed by atoms with E-state index in [1.165, 1.54) is 30.9 Å². The Morgan fingerprint density at radius 1 is 1.33 bits per heavy atom. The number of carbonyl (C=O) groups is 1. The molecule has 2 rings (SSSR count). The number of benzene rings is 1. The van der Waals surface area contributed by atoms with E-state index in [1.54, 1.807) is 0 Å². The maximum Gasteiger partial charge on any atom is 0.308 e. The molecular weight excluding hydrogens is 256 g/mol. The second kappa shape index (κ2) is 4.35. The van der Waals surface area contributed by atoms with Crippen molar-refractivity contribution in [1.29, 1.82) is 0 Å². The van der Waals surface area contributed by atoms with Gasteiger partial charge in [-0.3, -0.25) is 4.79 Å². The molecule has 1 aromatic carbocycles. The number of esters is 1. The van der Waals surface area contributed by atoms with Gasteiger partial charge in [0.05, 0.1) is 4.47 Å². The van der Waals surface area contributed by atoms with Crippen LogP contribution in [-0.4, -0.2) is 5.97 Å². The van der Waals surface area contributed by atoms with Crippen LogP contribution in [0.3, 0.4) is 0 Å². The third-order valence-corrected chi connectivity index (χ3v) is 3.55. The molecule has 0 amide bonds. The predicted molar refractivity (Wildman–Crippen MR) is 62.1 cm³/mol. The van der Waals surface area contributed by atoms with Gasteiger partial charge in [-0.2, -0.15) is 0 Å². The van der Waals surface area contributed by atoms with Crippen LogP contribution in [0.5, 0.6) is 5.75 Å². The molecule has 3 heteroatoms. The molecule has 2 nitrogen and oxygen atoms in total. The monoisotopic (exact) mass is 268 g/mol. The average molecular weight is 269 g/mol. The predicted octanol–water partition coefficient (Wildman–Crippen LogP) is 3.25. The van der Waals surface area contributed by atoms with E-state index in [-0.39, 0.29) is 5.97 Å². The Bertz CT molecular complexity index is 399. The minimum absolute atomic E-state index is 0.272. The lowest BCUT2D eigenvalue weighted by Crippen LogP contribution is -2.07. The Labute approximate surface area is 97.8 Å². The van der Waals surface area contributed by atoms with E-state index in [0.29, 0.717) is 5.75 Å². The van der Waals surface area contributed by atoms with Crippen LogP contribution in [0.2, 0.25) is 0 Å². The minimum atomic E-state index is -0.272. The average Bonchev–Trinajstić information content (AvgIpc) is 2.22. The molecule has 0 fully saturated rings. The van der Waals surface area contributed by atoms with Crippen molar-refractivity contribution in [3.63, 3.8) is 0 Å². The van der Waals surface area contributed by atoms with Gasteiger partial charge in [0.25, 0.3) is 0 Å². The first-order valence-electron chi connectivity index (χ1n) is 5.17. The zero-order valence-corrected chi connectivity index (χ0v) is 10.3. The second-order valence-corrected chi connectivity index (χ2v) is 4.61. The highest BCUT2D eigenvalue weighted by Crippen LogP contribution is 2.35. The van der Waals surface area contributed by atoms with E-state index < -0.39 is 0 Å². The third-order valence-electron chi connectivity index (χ3n) is 2.68. The van der Waals surface area contributed by atoms with Crippen molar-refractivity contribution in [2.45, 2.75) is 32.6 Å². The van der Waals surface area contributed by atoms with Crippen molar-refractivity contribution < 1.29 is 9.53 Å². The van der Waals surface area contributed by atoms with E-state index in [4.69, 9.17) is 4.74 Å². The Morgan fingerprint density at radius 2 is 2.07 bits per heavy atom. The van der Waals surface area contributed by atoms with Crippen molar-refractivity contribution in [1.82, 2.24) is 0 Å². The van der Waals surface area contributed by atoms with Gasteiger partial charge in [0.1, 0.15) is 5.75 Å². The summed E-state index contributed by atoms with van der Waals surface area (Å²) in [5.41, 5.74) is 2.68. The maximum absolute atomic E-state index is 10.9. The summed E-state index contributed by atoms with van der Waals surface area (Å²) in [5, 5.41) is 0. The lowest BCUT2D eigenvalue weighted by molar-refractivity contribution is -0.131. The standard InChI is InChI=1S/C12H13BrO2/c1-8(14)15-11-7-6-9-4-2-3-5-10(9)12(11)13/h6-7H,2-5H2,1H3. The first kappa shape index (κ1) is 10.7. The number of fused-ring (bicyclic) bond motifs is 1. The zero-order chi connectivity index (χ0) is 10.8. The Morgan fingerprint density at radius 3 is 2.80 bits per heavy atom. The van der Waals surface area contributed by atoms with Crippen LogP contribution in [0.25, 0.3) is 0 Å². The minimum Gasteiger partial charge on any atom is -0.426 e. The van der Waals surface area contributed by atoms with Crippen LogP contribution in [0, 0.1) is 0 Å². The molecule has 0 radical (unpaired) electrons. The van der Waals surface area contributed by atoms with Crippen LogP contribution in [0.1, 0.15) is 30.9 Å². The molecule has 15 heavy (non-hydrogen) atoms.